The fourth-order valence-corrected chi connectivity index (χ4v) is 5.89. The third kappa shape index (κ3) is 10.1. The number of carbonyl (C=O) groups is 3. The molecular weight excluding hydrogens is 554 g/mol. The quantitative estimate of drug-likeness (QED) is 0.337. The van der Waals surface area contributed by atoms with Gasteiger partial charge in [-0.3, -0.25) is 9.59 Å². The Labute approximate surface area is 250 Å². The first-order chi connectivity index (χ1) is 17.9. The van der Waals surface area contributed by atoms with Crippen LogP contribution < -0.4 is 10.6 Å². The lowest BCUT2D eigenvalue weighted by atomic mass is 9.82. The maximum absolute atomic E-state index is 13.3. The van der Waals surface area contributed by atoms with Crippen molar-refractivity contribution in [1.82, 2.24) is 10.6 Å². The molecule has 3 fully saturated rings. The molecule has 1 spiro atoms. The largest absolute Gasteiger partial charge is 0.445 e. The minimum absolute atomic E-state index is 0. The molecule has 1 aromatic carbocycles. The van der Waals surface area contributed by atoms with Gasteiger partial charge in [0.15, 0.2) is 5.78 Å². The molecule has 7 nitrogen and oxygen atoms in total. The molecule has 3 atom stereocenters. The number of hydrogen-bond donors (Lipinski definition) is 2. The number of nitriles is 1. The number of carbonyl (C=O) groups excluding carboxylic acids is 3. The van der Waals surface area contributed by atoms with E-state index in [9.17, 15) is 19.6 Å². The molecule has 1 aliphatic heterocycles. The highest BCUT2D eigenvalue weighted by Gasteiger charge is 2.52. The van der Waals surface area contributed by atoms with Crippen molar-refractivity contribution in [3.63, 3.8) is 0 Å². The lowest BCUT2D eigenvalue weighted by Gasteiger charge is -2.27. The Bertz CT molecular complexity index is 1070. The van der Waals surface area contributed by atoms with Crippen LogP contribution in [0.5, 0.6) is 0 Å². The first-order valence-electron chi connectivity index (χ1n) is 13.5. The summed E-state index contributed by atoms with van der Waals surface area (Å²) in [4.78, 5) is 38.2. The van der Waals surface area contributed by atoms with Crippen molar-refractivity contribution in [2.24, 2.45) is 17.8 Å². The van der Waals surface area contributed by atoms with E-state index < -0.39 is 18.1 Å². The number of amides is 2. The van der Waals surface area contributed by atoms with Gasteiger partial charge >= 0.3 is 6.09 Å². The number of benzene rings is 1. The molecule has 214 valence electrons. The van der Waals surface area contributed by atoms with Gasteiger partial charge in [0, 0.05) is 22.9 Å². The second-order valence-corrected chi connectivity index (χ2v) is 11.3. The summed E-state index contributed by atoms with van der Waals surface area (Å²) >= 11 is 5.99. The first-order valence-corrected chi connectivity index (χ1v) is 13.8. The molecule has 1 heterocycles. The van der Waals surface area contributed by atoms with E-state index in [0.717, 1.165) is 50.5 Å². The zero-order chi connectivity index (χ0) is 26.3. The van der Waals surface area contributed by atoms with E-state index in [-0.39, 0.29) is 63.2 Å². The fourth-order valence-electron chi connectivity index (χ4n) is 5.69. The van der Waals surface area contributed by atoms with E-state index in [4.69, 9.17) is 16.3 Å². The van der Waals surface area contributed by atoms with Crippen molar-refractivity contribution in [2.75, 3.05) is 6.61 Å². The van der Waals surface area contributed by atoms with E-state index in [2.05, 4.69) is 16.7 Å². The van der Waals surface area contributed by atoms with Gasteiger partial charge < -0.3 is 15.4 Å². The van der Waals surface area contributed by atoms with Gasteiger partial charge in [-0.05, 0) is 61.8 Å². The lowest BCUT2D eigenvalue weighted by Crippen LogP contribution is -2.43. The van der Waals surface area contributed by atoms with Crippen LogP contribution in [0.4, 0.5) is 4.79 Å². The highest BCUT2D eigenvalue weighted by molar-refractivity contribution is 7.59. The van der Waals surface area contributed by atoms with Crippen LogP contribution in [-0.2, 0) is 14.3 Å². The van der Waals surface area contributed by atoms with Crippen molar-refractivity contribution in [1.29, 1.82) is 5.26 Å². The maximum Gasteiger partial charge on any atom is 0.408 e. The topological polar surface area (TPSA) is 108 Å². The second-order valence-electron chi connectivity index (χ2n) is 10.9. The SMILES string of the molecule is N#C[C@@H](CC(=O)[C@H](CC1CCCCC1)NC(=O)OC/C=C/c1cccc(Cl)c1)CC1CC2(CC2)NC1=O.S.S. The molecule has 1 saturated heterocycles. The van der Waals surface area contributed by atoms with Crippen LogP contribution in [0.25, 0.3) is 6.08 Å². The molecule has 2 N–H and O–H groups in total. The van der Waals surface area contributed by atoms with Gasteiger partial charge in [-0.25, -0.2) is 4.79 Å². The Kier molecular flexibility index (Phi) is 13.2. The highest BCUT2D eigenvalue weighted by Crippen LogP contribution is 2.46. The smallest absolute Gasteiger partial charge is 0.408 e. The summed E-state index contributed by atoms with van der Waals surface area (Å²) in [5.41, 5.74) is 0.843. The van der Waals surface area contributed by atoms with Crippen LogP contribution in [0.3, 0.4) is 0 Å². The Morgan fingerprint density at radius 3 is 2.59 bits per heavy atom. The fraction of sp³-hybridized carbons (Fsp3) is 0.586. The molecule has 4 rings (SSSR count). The van der Waals surface area contributed by atoms with Gasteiger partial charge in [0.1, 0.15) is 6.61 Å². The molecule has 1 unspecified atom stereocenters. The number of alkyl carbamates (subject to hydrolysis) is 1. The molecule has 2 aliphatic carbocycles. The van der Waals surface area contributed by atoms with Gasteiger partial charge in [0.25, 0.3) is 0 Å². The van der Waals surface area contributed by atoms with Gasteiger partial charge in [-0.1, -0.05) is 61.9 Å². The normalized spacial score (nSPS) is 21.1. The molecule has 10 heteroatoms. The van der Waals surface area contributed by atoms with Crippen LogP contribution in [0.1, 0.15) is 76.2 Å². The molecule has 2 amide bonds. The zero-order valence-corrected chi connectivity index (χ0v) is 25.0. The first kappa shape index (κ1) is 33.1. The predicted molar refractivity (Wildman–Crippen MR) is 162 cm³/mol. The monoisotopic (exact) mass is 593 g/mol. The lowest BCUT2D eigenvalue weighted by molar-refractivity contribution is -0.124. The Morgan fingerprint density at radius 2 is 1.95 bits per heavy atom. The van der Waals surface area contributed by atoms with Gasteiger partial charge in [-0.15, -0.1) is 0 Å². The summed E-state index contributed by atoms with van der Waals surface area (Å²) in [7, 11) is 0. The van der Waals surface area contributed by atoms with Crippen molar-refractivity contribution in [3.05, 3.63) is 40.9 Å². The number of nitrogens with zero attached hydrogens (tertiary/aromatic N) is 1. The van der Waals surface area contributed by atoms with E-state index in [1.54, 1.807) is 12.1 Å². The van der Waals surface area contributed by atoms with E-state index in [1.807, 2.05) is 24.3 Å². The van der Waals surface area contributed by atoms with Crippen LogP contribution in [0.2, 0.25) is 5.02 Å². The average Bonchev–Trinajstić information content (AvgIpc) is 3.56. The minimum atomic E-state index is -0.699. The zero-order valence-electron chi connectivity index (χ0n) is 22.2. The number of Topliss-reactive ketones (excluding diaryl/α,β-unsaturated/α-hetero) is 1. The molecule has 1 aromatic rings. The van der Waals surface area contributed by atoms with Crippen LogP contribution in [0.15, 0.2) is 30.3 Å². The summed E-state index contributed by atoms with van der Waals surface area (Å²) in [6.07, 6.45) is 12.1. The number of ketones is 1. The second kappa shape index (κ2) is 15.6. The van der Waals surface area contributed by atoms with Gasteiger partial charge in [0.05, 0.1) is 18.0 Å². The third-order valence-corrected chi connectivity index (χ3v) is 8.13. The predicted octanol–water partition coefficient (Wildman–Crippen LogP) is 5.80. The summed E-state index contributed by atoms with van der Waals surface area (Å²) in [6, 6.07) is 8.87. The van der Waals surface area contributed by atoms with Crippen LogP contribution in [0, 0.1) is 29.1 Å². The molecule has 0 radical (unpaired) electrons. The summed E-state index contributed by atoms with van der Waals surface area (Å²) < 4.78 is 5.31. The van der Waals surface area contributed by atoms with Crippen molar-refractivity contribution >= 4 is 62.5 Å². The molecule has 0 bridgehead atoms. The maximum atomic E-state index is 13.3. The Balaban J connectivity index is 0.00000267. The van der Waals surface area contributed by atoms with Crippen LogP contribution in [-0.4, -0.2) is 36.0 Å². The van der Waals surface area contributed by atoms with Crippen molar-refractivity contribution in [2.45, 2.75) is 82.2 Å². The standard InChI is InChI=1S/C29H36ClN3O4.2H2S/c30-24-10-4-8-20(15-24)9-5-13-37-28(36)32-25(16-21-6-2-1-3-7-21)26(34)17-22(19-31)14-23-18-29(11-12-29)33-27(23)35;;/h4-5,8-10,15,21-23,25H,1-3,6-7,11-14,16-18H2,(H,32,36)(H,33,35);2*1H2/b9-5+;;/t22-,23?,25+;;/m1../s1. The number of rotatable bonds is 11. The van der Waals surface area contributed by atoms with E-state index in [0.29, 0.717) is 23.8 Å². The number of halogens is 1. The molecule has 39 heavy (non-hydrogen) atoms. The molecule has 3 aliphatic rings. The summed E-state index contributed by atoms with van der Waals surface area (Å²) in [5, 5.41) is 16.2. The number of hydrogen-bond acceptors (Lipinski definition) is 5. The molecule has 0 aromatic heterocycles. The summed E-state index contributed by atoms with van der Waals surface area (Å²) in [6.45, 7) is 0.0576. The summed E-state index contributed by atoms with van der Waals surface area (Å²) in [5.74, 6) is -0.577. The van der Waals surface area contributed by atoms with Gasteiger partial charge in [0.2, 0.25) is 5.91 Å². The van der Waals surface area contributed by atoms with E-state index in [1.165, 1.54) is 6.42 Å². The Hall–Kier alpha value is -2.15. The molecule has 2 saturated carbocycles. The minimum Gasteiger partial charge on any atom is -0.445 e. The average molecular weight is 594 g/mol. The number of nitrogens with one attached hydrogen (secondary N) is 2. The third-order valence-electron chi connectivity index (χ3n) is 7.89. The van der Waals surface area contributed by atoms with Gasteiger partial charge in [-0.2, -0.15) is 32.3 Å². The number of ether oxygens (including phenoxy) is 1. The van der Waals surface area contributed by atoms with Crippen molar-refractivity contribution < 1.29 is 19.1 Å². The highest BCUT2D eigenvalue weighted by atomic mass is 35.5. The van der Waals surface area contributed by atoms with Crippen molar-refractivity contribution in [3.8, 4) is 6.07 Å². The van der Waals surface area contributed by atoms with Crippen LogP contribution >= 0.6 is 38.6 Å². The molecular formula is C29H40ClN3O4S2. The Morgan fingerprint density at radius 1 is 1.21 bits per heavy atom. The van der Waals surface area contributed by atoms with E-state index >= 15 is 0 Å².